The zero-order valence-electron chi connectivity index (χ0n) is 36.1. The highest BCUT2D eigenvalue weighted by atomic mass is 31.2. The molecule has 0 fully saturated rings. The third kappa shape index (κ3) is 41.1. The van der Waals surface area contributed by atoms with Gasteiger partial charge in [-0.05, 0) is 77.0 Å². The van der Waals surface area contributed by atoms with E-state index in [1.807, 2.05) is 27.2 Å². The maximum Gasteiger partial charge on any atom is 0.306 e. The van der Waals surface area contributed by atoms with Gasteiger partial charge in [-0.15, -0.1) is 0 Å². The van der Waals surface area contributed by atoms with E-state index in [9.17, 15) is 19.0 Å². The summed E-state index contributed by atoms with van der Waals surface area (Å²) in [6, 6.07) is 0. The van der Waals surface area contributed by atoms with E-state index in [1.165, 1.54) is 51.4 Å². The van der Waals surface area contributed by atoms with E-state index in [0.29, 0.717) is 23.9 Å². The second-order valence-corrected chi connectivity index (χ2v) is 16.7. The van der Waals surface area contributed by atoms with Crippen LogP contribution in [0.2, 0.25) is 0 Å². The fourth-order valence-corrected chi connectivity index (χ4v) is 6.06. The van der Waals surface area contributed by atoms with E-state index in [2.05, 4.69) is 80.7 Å². The van der Waals surface area contributed by atoms with Gasteiger partial charge in [0.15, 0.2) is 6.10 Å². The molecule has 0 aromatic carbocycles. The summed E-state index contributed by atoms with van der Waals surface area (Å²) in [5.74, 6) is -0.914. The lowest BCUT2D eigenvalue weighted by atomic mass is 10.1. The summed E-state index contributed by atoms with van der Waals surface area (Å²) < 4.78 is 33.8. The number of phosphoric acid groups is 1. The fourth-order valence-electron chi connectivity index (χ4n) is 5.33. The lowest BCUT2D eigenvalue weighted by Gasteiger charge is -2.28. The molecule has 1 unspecified atom stereocenters. The number of hydrogen-bond acceptors (Lipinski definition) is 8. The van der Waals surface area contributed by atoms with Crippen molar-refractivity contribution in [2.75, 3.05) is 47.5 Å². The Morgan fingerprint density at radius 1 is 0.571 bits per heavy atom. The van der Waals surface area contributed by atoms with Crippen molar-refractivity contribution >= 4 is 19.8 Å². The molecule has 0 aliphatic heterocycles. The van der Waals surface area contributed by atoms with Crippen molar-refractivity contribution in [1.82, 2.24) is 0 Å². The van der Waals surface area contributed by atoms with Crippen LogP contribution in [0.4, 0.5) is 0 Å². The third-order valence-electron chi connectivity index (χ3n) is 8.71. The SMILES string of the molecule is CC/C=C/C/C=C/C/C=C/C/C=C/C/C=C/CCCC(=O)OC[C@H](COP(=O)([O-])OCC[N+](C)(C)C)OC(=O)CCCCCCCCC/C=C/CCCCCC. The molecule has 0 radical (unpaired) electrons. The van der Waals surface area contributed by atoms with Crippen LogP contribution in [0.15, 0.2) is 72.9 Å². The number of carbonyl (C=O) groups is 2. The molecule has 0 amide bonds. The monoisotopic (exact) mass is 806 g/mol. The van der Waals surface area contributed by atoms with E-state index in [-0.39, 0.29) is 26.1 Å². The lowest BCUT2D eigenvalue weighted by Crippen LogP contribution is -2.37. The number of esters is 2. The van der Waals surface area contributed by atoms with Crippen molar-refractivity contribution in [2.24, 2.45) is 0 Å². The molecular formula is C46H80NO8P. The number of hydrogen-bond donors (Lipinski definition) is 0. The average molecular weight is 806 g/mol. The summed E-state index contributed by atoms with van der Waals surface area (Å²) in [5.41, 5.74) is 0. The van der Waals surface area contributed by atoms with Crippen molar-refractivity contribution in [3.05, 3.63) is 72.9 Å². The highest BCUT2D eigenvalue weighted by Crippen LogP contribution is 2.38. The van der Waals surface area contributed by atoms with Crippen LogP contribution in [0.3, 0.4) is 0 Å². The zero-order valence-corrected chi connectivity index (χ0v) is 36.9. The van der Waals surface area contributed by atoms with Crippen molar-refractivity contribution in [3.63, 3.8) is 0 Å². The van der Waals surface area contributed by atoms with E-state index in [4.69, 9.17) is 18.5 Å². The largest absolute Gasteiger partial charge is 0.756 e. The van der Waals surface area contributed by atoms with Gasteiger partial charge < -0.3 is 27.9 Å². The predicted octanol–water partition coefficient (Wildman–Crippen LogP) is 11.6. The summed E-state index contributed by atoms with van der Waals surface area (Å²) in [4.78, 5) is 37.5. The summed E-state index contributed by atoms with van der Waals surface area (Å²) >= 11 is 0. The van der Waals surface area contributed by atoms with Gasteiger partial charge in [0.1, 0.15) is 19.8 Å². The minimum Gasteiger partial charge on any atom is -0.756 e. The Morgan fingerprint density at radius 2 is 1.04 bits per heavy atom. The number of allylic oxidation sites excluding steroid dienone is 12. The van der Waals surface area contributed by atoms with E-state index < -0.39 is 32.5 Å². The molecule has 56 heavy (non-hydrogen) atoms. The number of nitrogens with zero attached hydrogens (tertiary/aromatic N) is 1. The Labute approximate surface area is 342 Å². The number of carbonyl (C=O) groups excluding carboxylic acids is 2. The molecule has 322 valence electrons. The number of ether oxygens (including phenoxy) is 2. The number of quaternary nitrogens is 1. The fraction of sp³-hybridized carbons (Fsp3) is 0.696. The Kier molecular flexibility index (Phi) is 36.3. The van der Waals surface area contributed by atoms with Gasteiger partial charge in [0, 0.05) is 12.8 Å². The quantitative estimate of drug-likeness (QED) is 0.0199. The molecule has 0 N–H and O–H groups in total. The lowest BCUT2D eigenvalue weighted by molar-refractivity contribution is -0.870. The molecule has 2 atom stereocenters. The zero-order chi connectivity index (χ0) is 41.4. The van der Waals surface area contributed by atoms with E-state index in [1.54, 1.807) is 0 Å². The van der Waals surface area contributed by atoms with Gasteiger partial charge in [0.05, 0.1) is 27.7 Å². The van der Waals surface area contributed by atoms with Gasteiger partial charge in [0.2, 0.25) is 0 Å². The minimum absolute atomic E-state index is 0.0438. The van der Waals surface area contributed by atoms with Crippen LogP contribution in [0.1, 0.15) is 155 Å². The first-order valence-electron chi connectivity index (χ1n) is 21.6. The van der Waals surface area contributed by atoms with Gasteiger partial charge in [-0.2, -0.15) is 0 Å². The summed E-state index contributed by atoms with van der Waals surface area (Å²) in [5, 5.41) is 0. The molecule has 0 bridgehead atoms. The maximum atomic E-state index is 12.7. The molecule has 0 heterocycles. The van der Waals surface area contributed by atoms with Crippen molar-refractivity contribution in [3.8, 4) is 0 Å². The first-order chi connectivity index (χ1) is 27.0. The highest BCUT2D eigenvalue weighted by molar-refractivity contribution is 7.45. The number of unbranched alkanes of at least 4 members (excludes halogenated alkanes) is 12. The molecule has 0 aliphatic rings. The molecule has 0 saturated carbocycles. The van der Waals surface area contributed by atoms with Crippen molar-refractivity contribution in [2.45, 2.75) is 161 Å². The number of likely N-dealkylation sites (N-methyl/N-ethyl adjacent to an activating group) is 1. The Morgan fingerprint density at radius 3 is 1.59 bits per heavy atom. The van der Waals surface area contributed by atoms with Gasteiger partial charge in [-0.25, -0.2) is 0 Å². The van der Waals surface area contributed by atoms with Gasteiger partial charge in [0.25, 0.3) is 7.82 Å². The molecule has 10 heteroatoms. The number of rotatable bonds is 38. The van der Waals surface area contributed by atoms with Crippen LogP contribution in [0, 0.1) is 0 Å². The van der Waals surface area contributed by atoms with Crippen LogP contribution in [-0.4, -0.2) is 70.0 Å². The Hall–Kier alpha value is -2.55. The predicted molar refractivity (Wildman–Crippen MR) is 231 cm³/mol. The molecular weight excluding hydrogens is 725 g/mol. The van der Waals surface area contributed by atoms with Crippen molar-refractivity contribution in [1.29, 1.82) is 0 Å². The second kappa shape index (κ2) is 38.0. The molecule has 0 aliphatic carbocycles. The first-order valence-corrected chi connectivity index (χ1v) is 23.1. The molecule has 0 aromatic rings. The first kappa shape index (κ1) is 53.5. The summed E-state index contributed by atoms with van der Waals surface area (Å²) in [7, 11) is 1.12. The van der Waals surface area contributed by atoms with Crippen LogP contribution in [0.5, 0.6) is 0 Å². The molecule has 0 rings (SSSR count). The topological polar surface area (TPSA) is 111 Å². The Bertz CT molecular complexity index is 1180. The van der Waals surface area contributed by atoms with Gasteiger partial charge in [-0.3, -0.25) is 14.2 Å². The second-order valence-electron chi connectivity index (χ2n) is 15.3. The number of phosphoric ester groups is 1. The standard InChI is InChI=1S/C46H80NO8P/c1-6-8-10-12-14-16-18-20-22-23-25-26-28-30-32-34-36-38-45(48)52-42-44(43-54-56(50,51)53-41-40-47(3,4)5)55-46(49)39-37-35-33-31-29-27-24-21-19-17-15-13-11-9-7-2/h8,10,14,16-17,19-20,22,25-26,30,32,44H,6-7,9,11-13,15,18,21,23-24,27-29,31,33-43H2,1-5H3/b10-8+,16-14+,19-17+,22-20+,26-25+,32-30+/t44-/m1/s1. The van der Waals surface area contributed by atoms with E-state index in [0.717, 1.165) is 64.2 Å². The van der Waals surface area contributed by atoms with Crippen LogP contribution >= 0.6 is 7.82 Å². The maximum absolute atomic E-state index is 12.7. The van der Waals surface area contributed by atoms with Crippen molar-refractivity contribution < 1.29 is 42.1 Å². The van der Waals surface area contributed by atoms with Crippen LogP contribution < -0.4 is 4.89 Å². The van der Waals surface area contributed by atoms with Gasteiger partial charge >= 0.3 is 11.9 Å². The molecule has 0 aromatic heterocycles. The Balaban J connectivity index is 4.48. The van der Waals surface area contributed by atoms with Crippen LogP contribution in [-0.2, 0) is 32.7 Å². The van der Waals surface area contributed by atoms with Gasteiger partial charge in [-0.1, -0.05) is 138 Å². The third-order valence-corrected chi connectivity index (χ3v) is 9.67. The van der Waals surface area contributed by atoms with E-state index >= 15 is 0 Å². The molecule has 0 saturated heterocycles. The minimum atomic E-state index is -4.64. The summed E-state index contributed by atoms with van der Waals surface area (Å²) in [6.07, 6.45) is 46.5. The average Bonchev–Trinajstić information content (AvgIpc) is 3.15. The molecule has 9 nitrogen and oxygen atoms in total. The normalized spacial score (nSPS) is 14.3. The smallest absolute Gasteiger partial charge is 0.306 e. The summed E-state index contributed by atoms with van der Waals surface area (Å²) in [6.45, 7) is 4.01. The highest BCUT2D eigenvalue weighted by Gasteiger charge is 2.21. The van der Waals surface area contributed by atoms with Crippen LogP contribution in [0.25, 0.3) is 0 Å². The molecule has 0 spiro atoms.